The lowest BCUT2D eigenvalue weighted by Gasteiger charge is -2.49. The predicted octanol–water partition coefficient (Wildman–Crippen LogP) is 7.26. The molecule has 0 saturated carbocycles. The summed E-state index contributed by atoms with van der Waals surface area (Å²) in [5.74, 6) is 0.553. The zero-order valence-electron chi connectivity index (χ0n) is 24.9. The van der Waals surface area contributed by atoms with E-state index < -0.39 is 5.92 Å². The Bertz CT molecular complexity index is 1370. The Morgan fingerprint density at radius 3 is 2.00 bits per heavy atom. The summed E-state index contributed by atoms with van der Waals surface area (Å²) in [6.07, 6.45) is 2.32. The van der Waals surface area contributed by atoms with Crippen LogP contribution in [-0.4, -0.2) is 43.8 Å². The fourth-order valence-electron chi connectivity index (χ4n) is 6.61. The van der Waals surface area contributed by atoms with E-state index in [-0.39, 0.29) is 22.4 Å². The van der Waals surface area contributed by atoms with Gasteiger partial charge in [0.25, 0.3) is 0 Å². The number of halogens is 1. The summed E-state index contributed by atoms with van der Waals surface area (Å²) in [5, 5.41) is 0.383. The van der Waals surface area contributed by atoms with Gasteiger partial charge in [0.1, 0.15) is 6.61 Å². The lowest BCUT2D eigenvalue weighted by Crippen LogP contribution is -2.45. The quantitative estimate of drug-likeness (QED) is 0.329. The van der Waals surface area contributed by atoms with Gasteiger partial charge in [-0.3, -0.25) is 9.59 Å². The number of methoxy groups -OCH3 is 2. The van der Waals surface area contributed by atoms with Gasteiger partial charge in [-0.2, -0.15) is 0 Å². The monoisotopic (exact) mass is 577 g/mol. The van der Waals surface area contributed by atoms with Gasteiger partial charge in [0, 0.05) is 55.0 Å². The molecule has 0 spiro atoms. The number of hydrogen-bond acceptors (Lipinski definition) is 6. The zero-order chi connectivity index (χ0) is 29.5. The zero-order valence-corrected chi connectivity index (χ0v) is 25.7. The Hall–Kier alpha value is -3.09. The van der Waals surface area contributed by atoms with Crippen molar-refractivity contribution in [1.29, 1.82) is 0 Å². The van der Waals surface area contributed by atoms with Crippen LogP contribution in [0.3, 0.4) is 0 Å². The van der Waals surface area contributed by atoms with Crippen LogP contribution in [0.1, 0.15) is 70.4 Å². The third-order valence-corrected chi connectivity index (χ3v) is 8.63. The van der Waals surface area contributed by atoms with Crippen LogP contribution in [0.15, 0.2) is 65.0 Å². The standard InChI is InChI=1S/C34H40ClNO5/c1-33(2)16-24-30(26(37)18-33)29(31-25(36(24)12-13-39-5)17-34(3,4)19-27(31)38)22-14-23(35)32(28(15-22)40-6)41-20-21-10-8-7-9-11-21/h7-11,14-15,29H,12-13,16-20H2,1-6H3. The lowest BCUT2D eigenvalue weighted by molar-refractivity contribution is -0.119. The minimum Gasteiger partial charge on any atom is -0.493 e. The molecule has 218 valence electrons. The van der Waals surface area contributed by atoms with E-state index in [0.29, 0.717) is 60.3 Å². The van der Waals surface area contributed by atoms with Crippen LogP contribution in [0.5, 0.6) is 11.5 Å². The SMILES string of the molecule is COCCN1C2=C(C(=O)CC(C)(C)C2)C(c2cc(Cl)c(OCc3ccccc3)c(OC)c2)C2=C1CC(C)(C)CC2=O. The van der Waals surface area contributed by atoms with Crippen LogP contribution in [0.2, 0.25) is 5.02 Å². The van der Waals surface area contributed by atoms with Crippen LogP contribution in [0.4, 0.5) is 0 Å². The first kappa shape index (κ1) is 29.4. The molecule has 0 atom stereocenters. The highest BCUT2D eigenvalue weighted by Gasteiger charge is 2.49. The first-order valence-electron chi connectivity index (χ1n) is 14.3. The van der Waals surface area contributed by atoms with Crippen molar-refractivity contribution in [3.8, 4) is 11.5 Å². The highest BCUT2D eigenvalue weighted by atomic mass is 35.5. The van der Waals surface area contributed by atoms with E-state index in [0.717, 1.165) is 35.4 Å². The summed E-state index contributed by atoms with van der Waals surface area (Å²) < 4.78 is 17.4. The number of nitrogens with zero attached hydrogens (tertiary/aromatic N) is 1. The Kier molecular flexibility index (Phi) is 8.10. The van der Waals surface area contributed by atoms with Crippen LogP contribution >= 0.6 is 11.6 Å². The van der Waals surface area contributed by atoms with E-state index in [1.165, 1.54) is 0 Å². The topological polar surface area (TPSA) is 65.1 Å². The maximum absolute atomic E-state index is 14.0. The molecule has 0 amide bonds. The second kappa shape index (κ2) is 11.3. The van der Waals surface area contributed by atoms with Gasteiger partial charge in [-0.1, -0.05) is 69.6 Å². The Balaban J connectivity index is 1.66. The van der Waals surface area contributed by atoms with Gasteiger partial charge in [-0.15, -0.1) is 0 Å². The second-order valence-electron chi connectivity index (χ2n) is 13.0. The minimum atomic E-state index is -0.513. The van der Waals surface area contributed by atoms with Gasteiger partial charge >= 0.3 is 0 Å². The molecule has 0 bridgehead atoms. The van der Waals surface area contributed by atoms with Crippen molar-refractivity contribution in [2.75, 3.05) is 27.4 Å². The Labute approximate surface area is 248 Å². The molecule has 5 rings (SSSR count). The average molecular weight is 578 g/mol. The summed E-state index contributed by atoms with van der Waals surface area (Å²) >= 11 is 6.88. The van der Waals surface area contributed by atoms with Crippen molar-refractivity contribution >= 4 is 23.2 Å². The van der Waals surface area contributed by atoms with E-state index in [9.17, 15) is 9.59 Å². The number of rotatable bonds is 8. The molecule has 1 aliphatic heterocycles. The number of carbonyl (C=O) groups is 2. The summed E-state index contributed by atoms with van der Waals surface area (Å²) in [4.78, 5) is 30.2. The highest BCUT2D eigenvalue weighted by Crippen LogP contribution is 2.55. The van der Waals surface area contributed by atoms with E-state index in [1.807, 2.05) is 42.5 Å². The van der Waals surface area contributed by atoms with Crippen LogP contribution in [0, 0.1) is 10.8 Å². The average Bonchev–Trinajstić information content (AvgIpc) is 2.89. The van der Waals surface area contributed by atoms with Crippen molar-refractivity contribution in [1.82, 2.24) is 4.90 Å². The molecule has 2 aromatic carbocycles. The fourth-order valence-corrected chi connectivity index (χ4v) is 6.88. The van der Waals surface area contributed by atoms with Gasteiger partial charge in [-0.25, -0.2) is 0 Å². The fraction of sp³-hybridized carbons (Fsp3) is 0.471. The molecular formula is C34H40ClNO5. The molecule has 6 nitrogen and oxygen atoms in total. The number of benzene rings is 2. The molecule has 1 heterocycles. The molecule has 41 heavy (non-hydrogen) atoms. The van der Waals surface area contributed by atoms with Crippen molar-refractivity contribution < 1.29 is 23.8 Å². The van der Waals surface area contributed by atoms with E-state index in [1.54, 1.807) is 14.2 Å². The van der Waals surface area contributed by atoms with Crippen molar-refractivity contribution in [3.05, 3.63) is 81.2 Å². The number of ether oxygens (including phenoxy) is 3. The number of carbonyl (C=O) groups excluding carboxylic acids is 2. The number of hydrogen-bond donors (Lipinski definition) is 0. The van der Waals surface area contributed by atoms with Gasteiger partial charge in [0.2, 0.25) is 0 Å². The number of ketones is 2. The maximum Gasteiger partial charge on any atom is 0.180 e. The largest absolute Gasteiger partial charge is 0.493 e. The highest BCUT2D eigenvalue weighted by molar-refractivity contribution is 6.32. The minimum absolute atomic E-state index is 0.0762. The summed E-state index contributed by atoms with van der Waals surface area (Å²) in [6.45, 7) is 9.96. The molecule has 0 fully saturated rings. The second-order valence-corrected chi connectivity index (χ2v) is 13.4. The van der Waals surface area contributed by atoms with Crippen molar-refractivity contribution in [2.45, 2.75) is 65.9 Å². The predicted molar refractivity (Wildman–Crippen MR) is 160 cm³/mol. The first-order chi connectivity index (χ1) is 19.4. The summed E-state index contributed by atoms with van der Waals surface area (Å²) in [5.41, 5.74) is 4.78. The molecule has 0 saturated heterocycles. The molecule has 7 heteroatoms. The van der Waals surface area contributed by atoms with Crippen molar-refractivity contribution in [2.24, 2.45) is 10.8 Å². The Morgan fingerprint density at radius 1 is 0.878 bits per heavy atom. The normalized spacial score (nSPS) is 20.2. The molecule has 3 aliphatic rings. The van der Waals surface area contributed by atoms with Crippen LogP contribution < -0.4 is 9.47 Å². The summed E-state index contributed by atoms with van der Waals surface area (Å²) in [6, 6.07) is 13.6. The van der Waals surface area contributed by atoms with E-state index in [2.05, 4.69) is 32.6 Å². The van der Waals surface area contributed by atoms with Gasteiger partial charge in [0.15, 0.2) is 23.1 Å². The molecule has 0 unspecified atom stereocenters. The smallest absolute Gasteiger partial charge is 0.180 e. The lowest BCUT2D eigenvalue weighted by atomic mass is 9.63. The number of allylic oxidation sites excluding steroid dienone is 4. The molecule has 0 radical (unpaired) electrons. The molecule has 0 N–H and O–H groups in total. The van der Waals surface area contributed by atoms with Crippen LogP contribution in [-0.2, 0) is 20.9 Å². The first-order valence-corrected chi connectivity index (χ1v) is 14.7. The Morgan fingerprint density at radius 2 is 1.46 bits per heavy atom. The third kappa shape index (κ3) is 5.82. The van der Waals surface area contributed by atoms with E-state index >= 15 is 0 Å². The van der Waals surface area contributed by atoms with Gasteiger partial charge in [0.05, 0.1) is 18.7 Å². The van der Waals surface area contributed by atoms with Gasteiger partial charge < -0.3 is 19.1 Å². The molecule has 2 aromatic rings. The number of Topliss-reactive ketones (excluding diaryl/α,β-unsaturated/α-hetero) is 2. The van der Waals surface area contributed by atoms with E-state index in [4.69, 9.17) is 25.8 Å². The maximum atomic E-state index is 14.0. The van der Waals surface area contributed by atoms with Crippen molar-refractivity contribution in [3.63, 3.8) is 0 Å². The summed E-state index contributed by atoms with van der Waals surface area (Å²) in [7, 11) is 3.26. The molecule has 2 aliphatic carbocycles. The third-order valence-electron chi connectivity index (χ3n) is 8.35. The van der Waals surface area contributed by atoms with Gasteiger partial charge in [-0.05, 0) is 46.9 Å². The molecular weight excluding hydrogens is 538 g/mol. The van der Waals surface area contributed by atoms with Crippen LogP contribution in [0.25, 0.3) is 0 Å². The molecule has 0 aromatic heterocycles.